The van der Waals surface area contributed by atoms with Crippen molar-refractivity contribution in [3.8, 4) is 0 Å². The Morgan fingerprint density at radius 1 is 1.45 bits per heavy atom. The standard InChI is InChI=1S/C15H18N4O3/c1-2-19-9-12(17-14(20)10-5-6-10)13(18-19)15(21)16-8-11-4-3-7-22-11/h3-4,7,9-10H,2,5-6,8H2,1H3,(H,16,21)(H,17,20). The maximum absolute atomic E-state index is 12.3. The Hall–Kier alpha value is -2.57. The maximum atomic E-state index is 12.3. The molecule has 0 aromatic carbocycles. The van der Waals surface area contributed by atoms with E-state index in [0.717, 1.165) is 12.8 Å². The Balaban J connectivity index is 1.71. The lowest BCUT2D eigenvalue weighted by Gasteiger charge is -2.05. The van der Waals surface area contributed by atoms with Gasteiger partial charge in [0.05, 0.1) is 18.5 Å². The molecule has 1 aliphatic carbocycles. The van der Waals surface area contributed by atoms with Gasteiger partial charge in [0.2, 0.25) is 5.91 Å². The first-order chi connectivity index (χ1) is 10.7. The van der Waals surface area contributed by atoms with Crippen LogP contribution in [0.1, 0.15) is 36.0 Å². The van der Waals surface area contributed by atoms with Gasteiger partial charge in [-0.25, -0.2) is 0 Å². The average Bonchev–Trinajstić information content (AvgIpc) is 3.09. The number of aryl methyl sites for hydroxylation is 1. The number of rotatable bonds is 6. The largest absolute Gasteiger partial charge is 0.467 e. The molecule has 3 rings (SSSR count). The summed E-state index contributed by atoms with van der Waals surface area (Å²) in [5.74, 6) is 0.348. The molecule has 0 spiro atoms. The lowest BCUT2D eigenvalue weighted by molar-refractivity contribution is -0.117. The van der Waals surface area contributed by atoms with Crippen LogP contribution in [-0.4, -0.2) is 21.6 Å². The maximum Gasteiger partial charge on any atom is 0.274 e. The second kappa shape index (κ2) is 6.05. The van der Waals surface area contributed by atoms with E-state index in [4.69, 9.17) is 4.42 Å². The topological polar surface area (TPSA) is 89.2 Å². The number of hydrogen-bond donors (Lipinski definition) is 2. The zero-order chi connectivity index (χ0) is 15.5. The number of anilines is 1. The number of carbonyl (C=O) groups is 2. The van der Waals surface area contributed by atoms with Crippen molar-refractivity contribution in [3.63, 3.8) is 0 Å². The first-order valence-corrected chi connectivity index (χ1v) is 7.36. The van der Waals surface area contributed by atoms with Crippen molar-refractivity contribution in [1.82, 2.24) is 15.1 Å². The zero-order valence-corrected chi connectivity index (χ0v) is 12.3. The van der Waals surface area contributed by atoms with E-state index in [-0.39, 0.29) is 30.0 Å². The number of aromatic nitrogens is 2. The smallest absolute Gasteiger partial charge is 0.274 e. The Bertz CT molecular complexity index is 671. The molecule has 2 aromatic heterocycles. The first-order valence-electron chi connectivity index (χ1n) is 7.36. The second-order valence-corrected chi connectivity index (χ2v) is 5.27. The highest BCUT2D eigenvalue weighted by molar-refractivity contribution is 6.03. The lowest BCUT2D eigenvalue weighted by atomic mass is 10.3. The Morgan fingerprint density at radius 2 is 2.27 bits per heavy atom. The summed E-state index contributed by atoms with van der Waals surface area (Å²) >= 11 is 0. The van der Waals surface area contributed by atoms with Crippen LogP contribution in [0.5, 0.6) is 0 Å². The number of furan rings is 1. The molecule has 116 valence electrons. The predicted octanol–water partition coefficient (Wildman–Crippen LogP) is 1.77. The van der Waals surface area contributed by atoms with Crippen molar-refractivity contribution < 1.29 is 14.0 Å². The van der Waals surface area contributed by atoms with Gasteiger partial charge in [-0.15, -0.1) is 0 Å². The molecule has 0 aliphatic heterocycles. The van der Waals surface area contributed by atoms with Crippen molar-refractivity contribution in [1.29, 1.82) is 0 Å². The quantitative estimate of drug-likeness (QED) is 0.851. The summed E-state index contributed by atoms with van der Waals surface area (Å²) in [4.78, 5) is 24.2. The zero-order valence-electron chi connectivity index (χ0n) is 12.3. The van der Waals surface area contributed by atoms with Crippen LogP contribution in [0.15, 0.2) is 29.0 Å². The van der Waals surface area contributed by atoms with Crippen LogP contribution < -0.4 is 10.6 Å². The fraction of sp³-hybridized carbons (Fsp3) is 0.400. The summed E-state index contributed by atoms with van der Waals surface area (Å²) < 4.78 is 6.80. The van der Waals surface area contributed by atoms with Crippen LogP contribution in [0, 0.1) is 5.92 Å². The molecule has 1 fully saturated rings. The highest BCUT2D eigenvalue weighted by Gasteiger charge is 2.31. The summed E-state index contributed by atoms with van der Waals surface area (Å²) in [6.45, 7) is 2.82. The molecule has 0 bridgehead atoms. The van der Waals surface area contributed by atoms with Crippen LogP contribution in [0.25, 0.3) is 0 Å². The summed E-state index contributed by atoms with van der Waals surface area (Å²) in [6.07, 6.45) is 5.05. The van der Waals surface area contributed by atoms with E-state index in [1.165, 1.54) is 0 Å². The summed E-state index contributed by atoms with van der Waals surface area (Å²) in [6, 6.07) is 3.54. The number of nitrogens with zero attached hydrogens (tertiary/aromatic N) is 2. The SMILES string of the molecule is CCn1cc(NC(=O)C2CC2)c(C(=O)NCc2ccco2)n1. The van der Waals surface area contributed by atoms with Gasteiger partial charge >= 0.3 is 0 Å². The van der Waals surface area contributed by atoms with E-state index in [1.807, 2.05) is 6.92 Å². The Morgan fingerprint density at radius 3 is 2.91 bits per heavy atom. The van der Waals surface area contributed by atoms with Crippen molar-refractivity contribution in [3.05, 3.63) is 36.0 Å². The molecule has 0 atom stereocenters. The molecule has 0 saturated heterocycles. The average molecular weight is 302 g/mol. The van der Waals surface area contributed by atoms with E-state index in [2.05, 4.69) is 15.7 Å². The second-order valence-electron chi connectivity index (χ2n) is 5.27. The number of nitrogens with one attached hydrogen (secondary N) is 2. The molecule has 1 aliphatic rings. The van der Waals surface area contributed by atoms with Crippen LogP contribution in [-0.2, 0) is 17.9 Å². The van der Waals surface area contributed by atoms with Gasteiger partial charge in [0.1, 0.15) is 5.76 Å². The lowest BCUT2D eigenvalue weighted by Crippen LogP contribution is -2.25. The third-order valence-corrected chi connectivity index (χ3v) is 3.51. The monoisotopic (exact) mass is 302 g/mol. The molecular formula is C15H18N4O3. The fourth-order valence-corrected chi connectivity index (χ4v) is 2.09. The van der Waals surface area contributed by atoms with Gasteiger partial charge in [0.15, 0.2) is 5.69 Å². The van der Waals surface area contributed by atoms with Gasteiger partial charge < -0.3 is 15.1 Å². The van der Waals surface area contributed by atoms with Crippen LogP contribution in [0.2, 0.25) is 0 Å². The third kappa shape index (κ3) is 3.19. The molecule has 22 heavy (non-hydrogen) atoms. The number of amides is 2. The predicted molar refractivity (Wildman–Crippen MR) is 79.1 cm³/mol. The molecule has 2 N–H and O–H groups in total. The van der Waals surface area contributed by atoms with Gasteiger partial charge in [0, 0.05) is 18.7 Å². The van der Waals surface area contributed by atoms with Gasteiger partial charge in [-0.2, -0.15) is 5.10 Å². The van der Waals surface area contributed by atoms with Gasteiger partial charge in [-0.05, 0) is 31.9 Å². The van der Waals surface area contributed by atoms with Crippen molar-refractivity contribution >= 4 is 17.5 Å². The van der Waals surface area contributed by atoms with Gasteiger partial charge in [0.25, 0.3) is 5.91 Å². The number of carbonyl (C=O) groups excluding carboxylic acids is 2. The molecule has 7 heteroatoms. The highest BCUT2D eigenvalue weighted by atomic mass is 16.3. The normalized spacial score (nSPS) is 13.9. The van der Waals surface area contributed by atoms with E-state index in [9.17, 15) is 9.59 Å². The molecule has 0 unspecified atom stereocenters. The minimum absolute atomic E-state index is 0.0456. The van der Waals surface area contributed by atoms with Crippen molar-refractivity contribution in [2.75, 3.05) is 5.32 Å². The number of hydrogen-bond acceptors (Lipinski definition) is 4. The fourth-order valence-electron chi connectivity index (χ4n) is 2.09. The van der Waals surface area contributed by atoms with Gasteiger partial charge in [-0.1, -0.05) is 0 Å². The summed E-state index contributed by atoms with van der Waals surface area (Å²) in [5, 5.41) is 9.75. The van der Waals surface area contributed by atoms with Crippen molar-refractivity contribution in [2.24, 2.45) is 5.92 Å². The molecule has 7 nitrogen and oxygen atoms in total. The first kappa shape index (κ1) is 14.4. The Kier molecular flexibility index (Phi) is 3.95. The van der Waals surface area contributed by atoms with E-state index < -0.39 is 0 Å². The minimum Gasteiger partial charge on any atom is -0.467 e. The molecule has 2 heterocycles. The van der Waals surface area contributed by atoms with Crippen LogP contribution >= 0.6 is 0 Å². The van der Waals surface area contributed by atoms with Crippen molar-refractivity contribution in [2.45, 2.75) is 32.9 Å². The summed E-state index contributed by atoms with van der Waals surface area (Å²) in [7, 11) is 0. The third-order valence-electron chi connectivity index (χ3n) is 3.51. The van der Waals surface area contributed by atoms with Crippen LogP contribution in [0.3, 0.4) is 0 Å². The van der Waals surface area contributed by atoms with Crippen LogP contribution in [0.4, 0.5) is 5.69 Å². The van der Waals surface area contributed by atoms with E-state index >= 15 is 0 Å². The minimum atomic E-state index is -0.338. The highest BCUT2D eigenvalue weighted by Crippen LogP contribution is 2.30. The van der Waals surface area contributed by atoms with E-state index in [1.54, 1.807) is 29.3 Å². The van der Waals surface area contributed by atoms with Gasteiger partial charge in [-0.3, -0.25) is 14.3 Å². The molecular weight excluding hydrogens is 284 g/mol. The Labute approximate surface area is 127 Å². The molecule has 2 aromatic rings. The molecule has 1 saturated carbocycles. The summed E-state index contributed by atoms with van der Waals surface area (Å²) in [5.41, 5.74) is 0.679. The molecule has 0 radical (unpaired) electrons. The molecule has 2 amide bonds. The van der Waals surface area contributed by atoms with E-state index in [0.29, 0.717) is 18.0 Å².